The summed E-state index contributed by atoms with van der Waals surface area (Å²) >= 11 is 0. The zero-order valence-corrected chi connectivity index (χ0v) is 15.0. The van der Waals surface area contributed by atoms with Crippen molar-refractivity contribution in [3.8, 4) is 0 Å². The van der Waals surface area contributed by atoms with E-state index >= 15 is 0 Å². The number of ether oxygens (including phenoxy) is 1. The molecule has 0 bridgehead atoms. The van der Waals surface area contributed by atoms with Crippen molar-refractivity contribution in [3.63, 3.8) is 0 Å². The fraction of sp³-hybridized carbons (Fsp3) is 0.429. The van der Waals surface area contributed by atoms with Crippen LogP contribution in [0.1, 0.15) is 42.9 Å². The number of anilines is 1. The molecule has 1 amide bonds. The van der Waals surface area contributed by atoms with Crippen LogP contribution in [0.2, 0.25) is 0 Å². The Morgan fingerprint density at radius 3 is 2.58 bits per heavy atom. The van der Waals surface area contributed by atoms with Gasteiger partial charge in [-0.15, -0.1) is 0 Å². The highest BCUT2D eigenvalue weighted by Crippen LogP contribution is 2.33. The summed E-state index contributed by atoms with van der Waals surface area (Å²) in [5, 5.41) is 0. The van der Waals surface area contributed by atoms with Gasteiger partial charge in [-0.2, -0.15) is 0 Å². The van der Waals surface area contributed by atoms with Crippen molar-refractivity contribution in [2.75, 3.05) is 24.5 Å². The standard InChI is InChI=1S/C21H25N3O2/c25-21(26-16-17-7-2-1-3-8-17)24-14-6-9-19(24)18-10-11-20(22-15-18)23-12-4-5-13-23/h1-3,7-8,10-11,15,19H,4-6,9,12-14,16H2/t19-/m0/s1. The lowest BCUT2D eigenvalue weighted by molar-refractivity contribution is 0.0920. The number of carbonyl (C=O) groups excluding carboxylic acids is 1. The molecule has 2 fully saturated rings. The summed E-state index contributed by atoms with van der Waals surface area (Å²) in [6.07, 6.45) is 6.14. The van der Waals surface area contributed by atoms with Crippen LogP contribution in [0, 0.1) is 0 Å². The number of benzene rings is 1. The van der Waals surface area contributed by atoms with E-state index in [0.717, 1.165) is 49.4 Å². The lowest BCUT2D eigenvalue weighted by Gasteiger charge is -2.25. The molecule has 5 heteroatoms. The molecule has 26 heavy (non-hydrogen) atoms. The maximum Gasteiger partial charge on any atom is 0.410 e. The molecule has 0 unspecified atom stereocenters. The van der Waals surface area contributed by atoms with Crippen molar-refractivity contribution in [1.82, 2.24) is 9.88 Å². The number of rotatable bonds is 4. The molecule has 4 rings (SSSR count). The Kier molecular flexibility index (Phi) is 5.04. The smallest absolute Gasteiger partial charge is 0.410 e. The maximum absolute atomic E-state index is 12.6. The Bertz CT molecular complexity index is 727. The molecule has 0 aliphatic carbocycles. The predicted octanol–water partition coefficient (Wildman–Crippen LogP) is 4.16. The molecule has 136 valence electrons. The lowest BCUT2D eigenvalue weighted by atomic mass is 10.1. The zero-order valence-electron chi connectivity index (χ0n) is 15.0. The van der Waals surface area contributed by atoms with Gasteiger partial charge in [0.05, 0.1) is 6.04 Å². The van der Waals surface area contributed by atoms with E-state index in [4.69, 9.17) is 4.74 Å². The maximum atomic E-state index is 12.6. The largest absolute Gasteiger partial charge is 0.445 e. The third kappa shape index (κ3) is 3.66. The summed E-state index contributed by atoms with van der Waals surface area (Å²) in [4.78, 5) is 21.4. The number of nitrogens with zero attached hydrogens (tertiary/aromatic N) is 3. The van der Waals surface area contributed by atoms with E-state index in [0.29, 0.717) is 6.61 Å². The number of hydrogen-bond acceptors (Lipinski definition) is 4. The van der Waals surface area contributed by atoms with Crippen LogP contribution in [-0.2, 0) is 11.3 Å². The summed E-state index contributed by atoms with van der Waals surface area (Å²) in [6, 6.07) is 14.1. The first-order chi connectivity index (χ1) is 12.8. The van der Waals surface area contributed by atoms with E-state index in [1.54, 1.807) is 0 Å². The fourth-order valence-corrected chi connectivity index (χ4v) is 3.86. The third-order valence-corrected chi connectivity index (χ3v) is 5.28. The van der Waals surface area contributed by atoms with Gasteiger partial charge in [-0.25, -0.2) is 9.78 Å². The minimum absolute atomic E-state index is 0.0680. The van der Waals surface area contributed by atoms with E-state index in [2.05, 4.69) is 22.0 Å². The molecule has 0 saturated carbocycles. The van der Waals surface area contributed by atoms with Crippen LogP contribution >= 0.6 is 0 Å². The van der Waals surface area contributed by atoms with Gasteiger partial charge in [0, 0.05) is 25.8 Å². The first kappa shape index (κ1) is 16.9. The topological polar surface area (TPSA) is 45.7 Å². The Labute approximate surface area is 154 Å². The van der Waals surface area contributed by atoms with Gasteiger partial charge in [-0.3, -0.25) is 0 Å². The Morgan fingerprint density at radius 2 is 1.85 bits per heavy atom. The van der Waals surface area contributed by atoms with Crippen molar-refractivity contribution in [2.24, 2.45) is 0 Å². The number of aromatic nitrogens is 1. The summed E-state index contributed by atoms with van der Waals surface area (Å²) in [5.74, 6) is 1.04. The molecule has 2 aliphatic heterocycles. The Balaban J connectivity index is 1.40. The third-order valence-electron chi connectivity index (χ3n) is 5.28. The SMILES string of the molecule is O=C(OCc1ccccc1)N1CCC[C@H]1c1ccc(N2CCCC2)nc1. The van der Waals surface area contributed by atoms with Crippen molar-refractivity contribution in [2.45, 2.75) is 38.3 Å². The van der Waals surface area contributed by atoms with Crippen LogP contribution in [0.3, 0.4) is 0 Å². The molecule has 2 aromatic rings. The molecule has 0 N–H and O–H groups in total. The second kappa shape index (κ2) is 7.77. The minimum Gasteiger partial charge on any atom is -0.445 e. The molecular formula is C21H25N3O2. The normalized spacial score (nSPS) is 19.8. The highest BCUT2D eigenvalue weighted by atomic mass is 16.6. The summed E-state index contributed by atoms with van der Waals surface area (Å²) in [7, 11) is 0. The predicted molar refractivity (Wildman–Crippen MR) is 101 cm³/mol. The number of amides is 1. The molecular weight excluding hydrogens is 326 g/mol. The second-order valence-electron chi connectivity index (χ2n) is 7.04. The highest BCUT2D eigenvalue weighted by Gasteiger charge is 2.31. The van der Waals surface area contributed by atoms with E-state index in [-0.39, 0.29) is 12.1 Å². The molecule has 1 atom stereocenters. The second-order valence-corrected chi connectivity index (χ2v) is 7.04. The number of likely N-dealkylation sites (tertiary alicyclic amines) is 1. The van der Waals surface area contributed by atoms with Gasteiger partial charge in [0.2, 0.25) is 0 Å². The average Bonchev–Trinajstić information content (AvgIpc) is 3.39. The van der Waals surface area contributed by atoms with E-state index in [9.17, 15) is 4.79 Å². The number of pyridine rings is 1. The summed E-state index contributed by atoms with van der Waals surface area (Å²) < 4.78 is 5.53. The summed E-state index contributed by atoms with van der Waals surface area (Å²) in [5.41, 5.74) is 2.11. The lowest BCUT2D eigenvalue weighted by Crippen LogP contribution is -2.31. The van der Waals surface area contributed by atoms with Crippen LogP contribution in [0.25, 0.3) is 0 Å². The first-order valence-electron chi connectivity index (χ1n) is 9.49. The van der Waals surface area contributed by atoms with Crippen LogP contribution in [0.5, 0.6) is 0 Å². The first-order valence-corrected chi connectivity index (χ1v) is 9.49. The van der Waals surface area contributed by atoms with Crippen molar-refractivity contribution in [1.29, 1.82) is 0 Å². The van der Waals surface area contributed by atoms with Gasteiger partial charge >= 0.3 is 6.09 Å². The van der Waals surface area contributed by atoms with E-state index in [1.165, 1.54) is 12.8 Å². The van der Waals surface area contributed by atoms with Crippen molar-refractivity contribution in [3.05, 3.63) is 59.8 Å². The molecule has 1 aromatic carbocycles. The molecule has 1 aromatic heterocycles. The van der Waals surface area contributed by atoms with Crippen molar-refractivity contribution >= 4 is 11.9 Å². The van der Waals surface area contributed by atoms with Gasteiger partial charge in [-0.05, 0) is 42.9 Å². The van der Waals surface area contributed by atoms with E-state index in [1.807, 2.05) is 41.4 Å². The Hall–Kier alpha value is -2.56. The fourth-order valence-electron chi connectivity index (χ4n) is 3.86. The summed E-state index contributed by atoms with van der Waals surface area (Å²) in [6.45, 7) is 3.24. The van der Waals surface area contributed by atoms with Crippen LogP contribution in [0.4, 0.5) is 10.6 Å². The van der Waals surface area contributed by atoms with E-state index < -0.39 is 0 Å². The van der Waals surface area contributed by atoms with Crippen LogP contribution < -0.4 is 4.90 Å². The molecule has 5 nitrogen and oxygen atoms in total. The highest BCUT2D eigenvalue weighted by molar-refractivity contribution is 5.68. The van der Waals surface area contributed by atoms with Gasteiger partial charge in [-0.1, -0.05) is 36.4 Å². The zero-order chi connectivity index (χ0) is 17.8. The molecule has 2 aliphatic rings. The molecule has 0 radical (unpaired) electrons. The Morgan fingerprint density at radius 1 is 1.04 bits per heavy atom. The van der Waals surface area contributed by atoms with Crippen molar-refractivity contribution < 1.29 is 9.53 Å². The molecule has 2 saturated heterocycles. The van der Waals surface area contributed by atoms with Gasteiger partial charge in [0.25, 0.3) is 0 Å². The monoisotopic (exact) mass is 351 g/mol. The minimum atomic E-state index is -0.236. The molecule has 0 spiro atoms. The van der Waals surface area contributed by atoms with Gasteiger partial charge < -0.3 is 14.5 Å². The molecule has 3 heterocycles. The van der Waals surface area contributed by atoms with Gasteiger partial charge in [0.15, 0.2) is 0 Å². The quantitative estimate of drug-likeness (QED) is 0.830. The van der Waals surface area contributed by atoms with Crippen LogP contribution in [-0.4, -0.2) is 35.6 Å². The van der Waals surface area contributed by atoms with Gasteiger partial charge in [0.1, 0.15) is 12.4 Å². The number of carbonyl (C=O) groups is 1. The van der Waals surface area contributed by atoms with Crippen LogP contribution in [0.15, 0.2) is 48.7 Å². The number of hydrogen-bond donors (Lipinski definition) is 0. The average molecular weight is 351 g/mol.